The van der Waals surface area contributed by atoms with E-state index in [2.05, 4.69) is 43.9 Å². The second-order valence-electron chi connectivity index (χ2n) is 8.43. The SMILES string of the molecule is CCCCOc1nc([As])c([N+](=O)[O-])c(N(CC(=O)OCC)Cc2cccc(CN3CCCC3)c2)n1.Cl. The average molecular weight is 582 g/mol. The summed E-state index contributed by atoms with van der Waals surface area (Å²) in [5.74, 6) is -0.459. The number of nitrogens with zero attached hydrogens (tertiary/aromatic N) is 5. The minimum absolute atomic E-state index is 0. The maximum absolute atomic E-state index is 12.5. The second kappa shape index (κ2) is 15.0. The van der Waals surface area contributed by atoms with Crippen LogP contribution in [0.4, 0.5) is 11.5 Å². The van der Waals surface area contributed by atoms with Crippen molar-refractivity contribution >= 4 is 51.2 Å². The summed E-state index contributed by atoms with van der Waals surface area (Å²) in [6, 6.07) is 8.11. The van der Waals surface area contributed by atoms with Crippen LogP contribution in [0.1, 0.15) is 50.7 Å². The zero-order chi connectivity index (χ0) is 25.2. The van der Waals surface area contributed by atoms with Gasteiger partial charge in [0.15, 0.2) is 0 Å². The molecule has 1 aliphatic heterocycles. The number of esters is 1. The van der Waals surface area contributed by atoms with E-state index in [0.29, 0.717) is 6.61 Å². The third-order valence-electron chi connectivity index (χ3n) is 5.63. The minimum atomic E-state index is -0.527. The fraction of sp³-hybridized carbons (Fsp3) is 0.542. The maximum atomic E-state index is 12.5. The van der Waals surface area contributed by atoms with Crippen molar-refractivity contribution in [3.05, 3.63) is 45.5 Å². The molecular formula is C24H33AsClN5O5. The van der Waals surface area contributed by atoms with Crippen molar-refractivity contribution in [2.45, 2.75) is 52.6 Å². The molecule has 36 heavy (non-hydrogen) atoms. The van der Waals surface area contributed by atoms with Crippen molar-refractivity contribution in [3.8, 4) is 6.01 Å². The fourth-order valence-electron chi connectivity index (χ4n) is 3.98. The number of hydrogen-bond donors (Lipinski definition) is 0. The van der Waals surface area contributed by atoms with Crippen LogP contribution in [0.2, 0.25) is 0 Å². The van der Waals surface area contributed by atoms with Crippen LogP contribution in [0.3, 0.4) is 0 Å². The summed E-state index contributed by atoms with van der Waals surface area (Å²) in [5.41, 5.74) is 1.80. The van der Waals surface area contributed by atoms with Gasteiger partial charge in [0.2, 0.25) is 0 Å². The Kier molecular flexibility index (Phi) is 12.4. The van der Waals surface area contributed by atoms with Crippen molar-refractivity contribution in [1.82, 2.24) is 14.9 Å². The Morgan fingerprint density at radius 1 is 1.22 bits per heavy atom. The number of rotatable bonds is 13. The predicted octanol–water partition coefficient (Wildman–Crippen LogP) is 2.94. The fourth-order valence-corrected chi connectivity index (χ4v) is 4.54. The van der Waals surface area contributed by atoms with Gasteiger partial charge in [0, 0.05) is 0 Å². The first-order chi connectivity index (χ1) is 16.9. The van der Waals surface area contributed by atoms with Gasteiger partial charge in [-0.2, -0.15) is 0 Å². The third kappa shape index (κ3) is 8.60. The zero-order valence-corrected chi connectivity index (χ0v) is 23.4. The van der Waals surface area contributed by atoms with Crippen molar-refractivity contribution in [2.24, 2.45) is 0 Å². The molecule has 2 aromatic rings. The number of carbonyl (C=O) groups excluding carboxylic acids is 1. The molecule has 3 rings (SSSR count). The molecule has 1 fully saturated rings. The number of benzene rings is 1. The van der Waals surface area contributed by atoms with E-state index in [1.807, 2.05) is 19.1 Å². The second-order valence-corrected chi connectivity index (χ2v) is 9.31. The van der Waals surface area contributed by atoms with Gasteiger partial charge in [0.1, 0.15) is 0 Å². The Balaban J connectivity index is 0.00000456. The molecule has 1 saturated heterocycles. The molecule has 12 heteroatoms. The van der Waals surface area contributed by atoms with E-state index in [0.717, 1.165) is 43.6 Å². The Bertz CT molecular complexity index is 1020. The number of unbranched alkanes of at least 4 members (excludes halogenated alkanes) is 1. The summed E-state index contributed by atoms with van der Waals surface area (Å²) in [6.07, 6.45) is 4.16. The molecular weight excluding hydrogens is 549 g/mol. The van der Waals surface area contributed by atoms with E-state index in [9.17, 15) is 14.9 Å². The molecule has 0 amide bonds. The summed E-state index contributed by atoms with van der Waals surface area (Å²) in [5, 5.41) is 12.0. The van der Waals surface area contributed by atoms with Gasteiger partial charge in [-0.1, -0.05) is 0 Å². The monoisotopic (exact) mass is 581 g/mol. The Hall–Kier alpha value is -2.42. The van der Waals surface area contributed by atoms with E-state index in [1.54, 1.807) is 11.8 Å². The molecule has 1 aromatic heterocycles. The standard InChI is InChI=1S/C24H32AsN5O5.ClH/c1-3-5-13-35-24-26-22(25)21(30(32)33)23(27-24)29(17-20(31)34-4-2)16-19-10-8-9-18(14-19)15-28-11-6-7-12-28;/h8-10,14H,3-7,11-13,15-17H2,1-2H3;1H. The number of halogens is 1. The summed E-state index contributed by atoms with van der Waals surface area (Å²) in [6.45, 7) is 7.45. The van der Waals surface area contributed by atoms with E-state index in [-0.39, 0.29) is 54.1 Å². The topological polar surface area (TPSA) is 111 Å². The number of aromatic nitrogens is 2. The van der Waals surface area contributed by atoms with Gasteiger partial charge < -0.3 is 0 Å². The Morgan fingerprint density at radius 3 is 2.61 bits per heavy atom. The van der Waals surface area contributed by atoms with Gasteiger partial charge in [0.05, 0.1) is 0 Å². The van der Waals surface area contributed by atoms with Gasteiger partial charge in [0.25, 0.3) is 0 Å². The van der Waals surface area contributed by atoms with E-state index in [4.69, 9.17) is 9.47 Å². The molecule has 0 spiro atoms. The molecule has 1 aromatic carbocycles. The minimum Gasteiger partial charge on any atom is -0.147 e. The third-order valence-corrected chi connectivity index (χ3v) is 6.29. The van der Waals surface area contributed by atoms with E-state index < -0.39 is 10.9 Å². The van der Waals surface area contributed by atoms with Gasteiger partial charge in [-0.05, 0) is 0 Å². The molecule has 196 valence electrons. The van der Waals surface area contributed by atoms with Crippen LogP contribution in [0.15, 0.2) is 24.3 Å². The number of carbonyl (C=O) groups is 1. The number of likely N-dealkylation sites (tertiary alicyclic amines) is 1. The maximum Gasteiger partial charge on any atom is -0.147 e. The normalized spacial score (nSPS) is 13.2. The van der Waals surface area contributed by atoms with Crippen molar-refractivity contribution in [3.63, 3.8) is 0 Å². The zero-order valence-electron chi connectivity index (χ0n) is 20.7. The molecule has 0 bridgehead atoms. The van der Waals surface area contributed by atoms with Crippen molar-refractivity contribution in [2.75, 3.05) is 37.7 Å². The molecule has 10 nitrogen and oxygen atoms in total. The average Bonchev–Trinajstić information content (AvgIpc) is 3.31. The van der Waals surface area contributed by atoms with Crippen LogP contribution in [-0.4, -0.2) is 75.5 Å². The van der Waals surface area contributed by atoms with Gasteiger partial charge in [-0.15, -0.1) is 12.4 Å². The Morgan fingerprint density at radius 2 is 1.94 bits per heavy atom. The number of hydrogen-bond acceptors (Lipinski definition) is 9. The summed E-state index contributed by atoms with van der Waals surface area (Å²) < 4.78 is 10.9. The summed E-state index contributed by atoms with van der Waals surface area (Å²) in [4.78, 5) is 36.4. The molecule has 1 aliphatic rings. The van der Waals surface area contributed by atoms with Crippen LogP contribution >= 0.6 is 12.4 Å². The number of anilines is 1. The molecule has 0 aliphatic carbocycles. The predicted molar refractivity (Wildman–Crippen MR) is 140 cm³/mol. The smallest absolute Gasteiger partial charge is 0.147 e. The molecule has 0 N–H and O–H groups in total. The van der Waals surface area contributed by atoms with Gasteiger partial charge in [-0.3, -0.25) is 0 Å². The van der Waals surface area contributed by atoms with Crippen molar-refractivity contribution in [1.29, 1.82) is 0 Å². The number of ether oxygens (including phenoxy) is 2. The number of nitro groups is 1. The van der Waals surface area contributed by atoms with E-state index >= 15 is 0 Å². The molecule has 0 unspecified atom stereocenters. The summed E-state index contributed by atoms with van der Waals surface area (Å²) in [7, 11) is 0. The first-order valence-corrected chi connectivity index (χ1v) is 12.9. The van der Waals surface area contributed by atoms with Gasteiger partial charge in [-0.25, -0.2) is 0 Å². The molecule has 0 atom stereocenters. The van der Waals surface area contributed by atoms with Crippen LogP contribution in [-0.2, 0) is 22.6 Å². The first-order valence-electron chi connectivity index (χ1n) is 12.0. The molecule has 2 heterocycles. The first kappa shape index (κ1) is 29.8. The van der Waals surface area contributed by atoms with Crippen LogP contribution in [0.5, 0.6) is 6.01 Å². The van der Waals surface area contributed by atoms with Gasteiger partial charge >= 0.3 is 215 Å². The molecule has 2 radical (unpaired) electrons. The van der Waals surface area contributed by atoms with Crippen LogP contribution in [0.25, 0.3) is 0 Å². The van der Waals surface area contributed by atoms with Crippen molar-refractivity contribution < 1.29 is 19.2 Å². The molecule has 0 saturated carbocycles. The van der Waals surface area contributed by atoms with E-state index in [1.165, 1.54) is 12.8 Å². The van der Waals surface area contributed by atoms with Crippen LogP contribution < -0.4 is 14.1 Å². The largest absolute Gasteiger partial charge is 0.147 e. The quantitative estimate of drug-likeness (QED) is 0.116. The Labute approximate surface area is 226 Å². The van der Waals surface area contributed by atoms with Crippen LogP contribution in [0, 0.1) is 10.1 Å². The summed E-state index contributed by atoms with van der Waals surface area (Å²) >= 11 is 2.10.